The van der Waals surface area contributed by atoms with Crippen LogP contribution in [0, 0.1) is 11.7 Å². The van der Waals surface area contributed by atoms with Crippen molar-refractivity contribution in [2.45, 2.75) is 26.8 Å². The number of hydrogen-bond acceptors (Lipinski definition) is 7. The molecule has 3 heterocycles. The quantitative estimate of drug-likeness (QED) is 0.410. The number of nitrogens with zero attached hydrogens (tertiary/aromatic N) is 5. The first kappa shape index (κ1) is 23.6. The number of amides is 1. The van der Waals surface area contributed by atoms with Gasteiger partial charge in [-0.25, -0.2) is 9.78 Å². The lowest BCUT2D eigenvalue weighted by molar-refractivity contribution is -0.131. The Kier molecular flexibility index (Phi) is 7.36. The van der Waals surface area contributed by atoms with Crippen LogP contribution in [0.2, 0.25) is 0 Å². The van der Waals surface area contributed by atoms with Crippen LogP contribution in [0.3, 0.4) is 0 Å². The number of piperazine rings is 1. The third-order valence-corrected chi connectivity index (χ3v) is 6.14. The number of nitrogens with one attached hydrogen (secondary N) is 1. The summed E-state index contributed by atoms with van der Waals surface area (Å²) in [5, 5.41) is 7.20. The number of carbonyl (C=O) groups is 2. The number of aromatic nitrogens is 4. The zero-order chi connectivity index (χ0) is 24.1. The maximum Gasteiger partial charge on any atom is 0.339 e. The number of rotatable bonds is 7. The van der Waals surface area contributed by atoms with E-state index in [2.05, 4.69) is 20.1 Å². The van der Waals surface area contributed by atoms with Gasteiger partial charge in [0.15, 0.2) is 10.6 Å². The molecular weight excluding hydrogens is 452 g/mol. The fourth-order valence-electron chi connectivity index (χ4n) is 3.91. The Hall–Kier alpha value is -3.53. The first-order chi connectivity index (χ1) is 16.5. The van der Waals surface area contributed by atoms with Crippen LogP contribution >= 0.6 is 12.2 Å². The van der Waals surface area contributed by atoms with Crippen molar-refractivity contribution in [3.63, 3.8) is 0 Å². The maximum absolute atomic E-state index is 12.9. The highest BCUT2D eigenvalue weighted by molar-refractivity contribution is 7.71. The van der Waals surface area contributed by atoms with Crippen LogP contribution in [0.15, 0.2) is 42.6 Å². The van der Waals surface area contributed by atoms with E-state index in [1.807, 2.05) is 46.7 Å². The second kappa shape index (κ2) is 10.6. The molecule has 0 atom stereocenters. The normalized spacial score (nSPS) is 13.7. The number of anilines is 1. The predicted molar refractivity (Wildman–Crippen MR) is 131 cm³/mol. The Balaban J connectivity index is 1.32. The molecular formula is C24H28N6O3S. The number of hydrogen-bond donors (Lipinski definition) is 1. The second-order valence-corrected chi connectivity index (χ2v) is 8.50. The minimum Gasteiger partial charge on any atom is -0.462 e. The first-order valence-corrected chi connectivity index (χ1v) is 11.7. The third-order valence-electron chi connectivity index (χ3n) is 5.83. The van der Waals surface area contributed by atoms with Crippen LogP contribution in [-0.4, -0.2) is 69.3 Å². The van der Waals surface area contributed by atoms with E-state index in [1.54, 1.807) is 13.0 Å². The van der Waals surface area contributed by atoms with Gasteiger partial charge in [-0.1, -0.05) is 29.8 Å². The smallest absolute Gasteiger partial charge is 0.339 e. The van der Waals surface area contributed by atoms with Crippen LogP contribution in [0.4, 0.5) is 5.82 Å². The summed E-state index contributed by atoms with van der Waals surface area (Å²) in [7, 11) is 0. The molecule has 34 heavy (non-hydrogen) atoms. The molecule has 1 aromatic carbocycles. The molecule has 0 unspecified atom stereocenters. The number of esters is 1. The standard InChI is InChI=1S/C24H28N6O3S/c1-3-33-23(32)19-8-9-20(25-16-19)28-12-14-29(15-13-28)21(31)10-11-30-22(26-27-24(30)34)18-6-4-17(2)5-7-18/h4-9,16H,3,10-15H2,1-2H3,(H,27,34). The summed E-state index contributed by atoms with van der Waals surface area (Å²) in [6.07, 6.45) is 1.88. The molecule has 1 aliphatic heterocycles. The fraction of sp³-hybridized carbons (Fsp3) is 0.375. The third kappa shape index (κ3) is 5.33. The summed E-state index contributed by atoms with van der Waals surface area (Å²) in [5.74, 6) is 1.23. The number of H-pyrrole nitrogens is 1. The predicted octanol–water partition coefficient (Wildman–Crippen LogP) is 3.23. The minimum absolute atomic E-state index is 0.0863. The molecule has 1 N–H and O–H groups in total. The van der Waals surface area contributed by atoms with Crippen molar-refractivity contribution >= 4 is 29.9 Å². The second-order valence-electron chi connectivity index (χ2n) is 8.11. The van der Waals surface area contributed by atoms with Crippen LogP contribution in [-0.2, 0) is 16.1 Å². The van der Waals surface area contributed by atoms with Gasteiger partial charge in [-0.15, -0.1) is 0 Å². The van der Waals surface area contributed by atoms with Crippen LogP contribution in [0.25, 0.3) is 11.4 Å². The molecule has 3 aromatic rings. The number of benzene rings is 1. The van der Waals surface area contributed by atoms with Gasteiger partial charge in [0, 0.05) is 50.9 Å². The molecule has 0 spiro atoms. The zero-order valence-corrected chi connectivity index (χ0v) is 20.2. The van der Waals surface area contributed by atoms with E-state index in [0.29, 0.717) is 56.1 Å². The molecule has 0 saturated carbocycles. The van der Waals surface area contributed by atoms with Crippen molar-refractivity contribution in [1.82, 2.24) is 24.6 Å². The van der Waals surface area contributed by atoms with E-state index in [0.717, 1.165) is 17.2 Å². The molecule has 1 amide bonds. The Bertz CT molecular complexity index is 1190. The fourth-order valence-corrected chi connectivity index (χ4v) is 4.13. The lowest BCUT2D eigenvalue weighted by Crippen LogP contribution is -2.49. The molecule has 9 nitrogen and oxygen atoms in total. The molecule has 0 aliphatic carbocycles. The monoisotopic (exact) mass is 480 g/mol. The first-order valence-electron chi connectivity index (χ1n) is 11.3. The topological polar surface area (TPSA) is 96.4 Å². The SMILES string of the molecule is CCOC(=O)c1ccc(N2CCN(C(=O)CCn3c(-c4ccc(C)cc4)n[nH]c3=S)CC2)nc1. The van der Waals surface area contributed by atoms with Crippen LogP contribution in [0.1, 0.15) is 29.3 Å². The highest BCUT2D eigenvalue weighted by atomic mass is 32.1. The summed E-state index contributed by atoms with van der Waals surface area (Å²) in [4.78, 5) is 33.1. The van der Waals surface area contributed by atoms with Crippen molar-refractivity contribution in [1.29, 1.82) is 0 Å². The molecule has 178 valence electrons. The van der Waals surface area contributed by atoms with Crippen molar-refractivity contribution in [2.24, 2.45) is 0 Å². The number of pyridine rings is 1. The Morgan fingerprint density at radius 3 is 2.47 bits per heavy atom. The summed E-state index contributed by atoms with van der Waals surface area (Å²) in [5.41, 5.74) is 2.56. The molecule has 0 bridgehead atoms. The summed E-state index contributed by atoms with van der Waals surface area (Å²) in [6, 6.07) is 11.6. The van der Waals surface area contributed by atoms with Gasteiger partial charge < -0.3 is 14.5 Å². The maximum atomic E-state index is 12.9. The Labute approximate surface area is 203 Å². The largest absolute Gasteiger partial charge is 0.462 e. The number of carbonyl (C=O) groups excluding carboxylic acids is 2. The lowest BCUT2D eigenvalue weighted by atomic mass is 10.1. The Morgan fingerprint density at radius 1 is 1.09 bits per heavy atom. The highest BCUT2D eigenvalue weighted by Crippen LogP contribution is 2.19. The molecule has 1 fully saturated rings. The average Bonchev–Trinajstić information content (AvgIpc) is 3.23. The van der Waals surface area contributed by atoms with Crippen molar-refractivity contribution in [3.8, 4) is 11.4 Å². The van der Waals surface area contributed by atoms with Gasteiger partial charge in [0.25, 0.3) is 0 Å². The van der Waals surface area contributed by atoms with Gasteiger partial charge in [-0.05, 0) is 38.2 Å². The van der Waals surface area contributed by atoms with Gasteiger partial charge in [0.05, 0.1) is 12.2 Å². The molecule has 4 rings (SSSR count). The van der Waals surface area contributed by atoms with Crippen molar-refractivity contribution in [3.05, 3.63) is 58.5 Å². The van der Waals surface area contributed by atoms with E-state index in [9.17, 15) is 9.59 Å². The van der Waals surface area contributed by atoms with Gasteiger partial charge >= 0.3 is 5.97 Å². The van der Waals surface area contributed by atoms with Gasteiger partial charge in [0.2, 0.25) is 5.91 Å². The number of aromatic amines is 1. The van der Waals surface area contributed by atoms with Gasteiger partial charge in [-0.3, -0.25) is 14.5 Å². The molecule has 2 aromatic heterocycles. The minimum atomic E-state index is -0.375. The average molecular weight is 481 g/mol. The van der Waals surface area contributed by atoms with E-state index in [1.165, 1.54) is 11.8 Å². The summed E-state index contributed by atoms with van der Waals surface area (Å²) >= 11 is 5.39. The number of aryl methyl sites for hydroxylation is 1. The Morgan fingerprint density at radius 2 is 1.82 bits per heavy atom. The van der Waals surface area contributed by atoms with Crippen molar-refractivity contribution < 1.29 is 14.3 Å². The molecule has 1 aliphatic rings. The zero-order valence-electron chi connectivity index (χ0n) is 19.4. The molecule has 1 saturated heterocycles. The summed E-state index contributed by atoms with van der Waals surface area (Å²) in [6.45, 7) is 7.18. The van der Waals surface area contributed by atoms with E-state index in [4.69, 9.17) is 17.0 Å². The number of ether oxygens (including phenoxy) is 1. The van der Waals surface area contributed by atoms with Gasteiger partial charge in [-0.2, -0.15) is 5.10 Å². The van der Waals surface area contributed by atoms with Crippen LogP contribution in [0.5, 0.6) is 0 Å². The van der Waals surface area contributed by atoms with E-state index < -0.39 is 0 Å². The summed E-state index contributed by atoms with van der Waals surface area (Å²) < 4.78 is 7.38. The van der Waals surface area contributed by atoms with E-state index >= 15 is 0 Å². The van der Waals surface area contributed by atoms with E-state index in [-0.39, 0.29) is 11.9 Å². The van der Waals surface area contributed by atoms with Gasteiger partial charge in [0.1, 0.15) is 5.82 Å². The highest BCUT2D eigenvalue weighted by Gasteiger charge is 2.22. The van der Waals surface area contributed by atoms with Crippen molar-refractivity contribution in [2.75, 3.05) is 37.7 Å². The van der Waals surface area contributed by atoms with Crippen LogP contribution < -0.4 is 4.90 Å². The molecule has 0 radical (unpaired) electrons. The lowest BCUT2D eigenvalue weighted by Gasteiger charge is -2.35. The molecule has 10 heteroatoms.